The minimum absolute atomic E-state index is 0.362. The van der Waals surface area contributed by atoms with Crippen LogP contribution in [0.3, 0.4) is 0 Å². The summed E-state index contributed by atoms with van der Waals surface area (Å²) in [6, 6.07) is 13.3. The molecule has 5 heteroatoms. The molecular formula is C18H20FN3O. The highest BCUT2D eigenvalue weighted by Crippen LogP contribution is 2.13. The van der Waals surface area contributed by atoms with Gasteiger partial charge in [0.15, 0.2) is 0 Å². The topological polar surface area (TPSA) is 44.7 Å². The SMILES string of the molecule is CCN(CC)c1ccc(/C=N/NC(=O)c2ccc(F)cc2)cc1. The van der Waals surface area contributed by atoms with Crippen molar-refractivity contribution in [2.24, 2.45) is 5.10 Å². The predicted octanol–water partition coefficient (Wildman–Crippen LogP) is 3.44. The molecule has 23 heavy (non-hydrogen) atoms. The first kappa shape index (κ1) is 16.7. The summed E-state index contributed by atoms with van der Waals surface area (Å²) in [4.78, 5) is 14.1. The molecule has 0 aromatic heterocycles. The van der Waals surface area contributed by atoms with Crippen LogP contribution >= 0.6 is 0 Å². The molecule has 2 rings (SSSR count). The van der Waals surface area contributed by atoms with Crippen molar-refractivity contribution in [3.63, 3.8) is 0 Å². The normalized spacial score (nSPS) is 10.7. The number of carbonyl (C=O) groups is 1. The Kier molecular flexibility index (Phi) is 5.86. The van der Waals surface area contributed by atoms with Crippen LogP contribution in [0.2, 0.25) is 0 Å². The molecular weight excluding hydrogens is 293 g/mol. The molecule has 1 N–H and O–H groups in total. The zero-order valence-electron chi connectivity index (χ0n) is 13.3. The Morgan fingerprint density at radius 1 is 1.09 bits per heavy atom. The van der Waals surface area contributed by atoms with E-state index in [0.29, 0.717) is 5.56 Å². The van der Waals surface area contributed by atoms with Crippen molar-refractivity contribution in [2.75, 3.05) is 18.0 Å². The number of amides is 1. The molecule has 0 radical (unpaired) electrons. The van der Waals surface area contributed by atoms with Crippen molar-refractivity contribution in [3.8, 4) is 0 Å². The number of rotatable bonds is 6. The number of halogens is 1. The number of hydrazone groups is 1. The van der Waals surface area contributed by atoms with Crippen LogP contribution in [0.1, 0.15) is 29.8 Å². The summed E-state index contributed by atoms with van der Waals surface area (Å²) < 4.78 is 12.8. The first-order valence-electron chi connectivity index (χ1n) is 7.58. The van der Waals surface area contributed by atoms with Gasteiger partial charge in [-0.2, -0.15) is 5.10 Å². The second-order valence-electron chi connectivity index (χ2n) is 4.97. The second-order valence-corrected chi connectivity index (χ2v) is 4.97. The molecule has 0 saturated carbocycles. The number of carbonyl (C=O) groups excluding carboxylic acids is 1. The van der Waals surface area contributed by atoms with Crippen LogP contribution in [0.15, 0.2) is 53.6 Å². The quantitative estimate of drug-likeness (QED) is 0.656. The maximum atomic E-state index is 12.8. The maximum Gasteiger partial charge on any atom is 0.271 e. The van der Waals surface area contributed by atoms with Gasteiger partial charge in [0.1, 0.15) is 5.82 Å². The lowest BCUT2D eigenvalue weighted by molar-refractivity contribution is 0.0955. The highest BCUT2D eigenvalue weighted by Gasteiger charge is 2.04. The molecule has 0 fully saturated rings. The Balaban J connectivity index is 1.95. The zero-order chi connectivity index (χ0) is 16.7. The molecule has 0 atom stereocenters. The number of hydrogen-bond donors (Lipinski definition) is 1. The largest absolute Gasteiger partial charge is 0.372 e. The number of nitrogens with zero attached hydrogens (tertiary/aromatic N) is 2. The second kappa shape index (κ2) is 8.08. The summed E-state index contributed by atoms with van der Waals surface area (Å²) in [5, 5.41) is 3.92. The zero-order valence-corrected chi connectivity index (χ0v) is 13.3. The molecule has 0 bridgehead atoms. The Morgan fingerprint density at radius 2 is 1.70 bits per heavy atom. The first-order chi connectivity index (χ1) is 11.1. The third-order valence-corrected chi connectivity index (χ3v) is 3.51. The third-order valence-electron chi connectivity index (χ3n) is 3.51. The van der Waals surface area contributed by atoms with Gasteiger partial charge >= 0.3 is 0 Å². The minimum Gasteiger partial charge on any atom is -0.372 e. The summed E-state index contributed by atoms with van der Waals surface area (Å²) in [6.07, 6.45) is 1.58. The molecule has 1 amide bonds. The van der Waals surface area contributed by atoms with Gasteiger partial charge in [0.05, 0.1) is 6.21 Å². The van der Waals surface area contributed by atoms with Crippen LogP contribution in [0, 0.1) is 5.82 Å². The molecule has 0 aliphatic carbocycles. The number of benzene rings is 2. The Labute approximate surface area is 135 Å². The average molecular weight is 313 g/mol. The van der Waals surface area contributed by atoms with Crippen LogP contribution in [-0.2, 0) is 0 Å². The molecule has 0 aliphatic heterocycles. The Hall–Kier alpha value is -2.69. The van der Waals surface area contributed by atoms with Gasteiger partial charge < -0.3 is 4.90 Å². The van der Waals surface area contributed by atoms with E-state index in [-0.39, 0.29) is 11.7 Å². The van der Waals surface area contributed by atoms with E-state index in [2.05, 4.69) is 29.3 Å². The predicted molar refractivity (Wildman–Crippen MR) is 91.5 cm³/mol. The minimum atomic E-state index is -0.377. The summed E-state index contributed by atoms with van der Waals surface area (Å²) in [6.45, 7) is 6.14. The van der Waals surface area contributed by atoms with E-state index in [4.69, 9.17) is 0 Å². The fourth-order valence-corrected chi connectivity index (χ4v) is 2.19. The standard InChI is InChI=1S/C18H20FN3O/c1-3-22(4-2)17-11-5-14(6-12-17)13-20-21-18(23)15-7-9-16(19)10-8-15/h5-13H,3-4H2,1-2H3,(H,21,23)/b20-13+. The molecule has 120 valence electrons. The van der Waals surface area contributed by atoms with Crippen molar-refractivity contribution < 1.29 is 9.18 Å². The summed E-state index contributed by atoms with van der Waals surface area (Å²) >= 11 is 0. The molecule has 0 saturated heterocycles. The fourth-order valence-electron chi connectivity index (χ4n) is 2.19. The van der Waals surface area contributed by atoms with E-state index in [0.717, 1.165) is 24.3 Å². The van der Waals surface area contributed by atoms with E-state index in [1.165, 1.54) is 24.3 Å². The lowest BCUT2D eigenvalue weighted by atomic mass is 10.2. The molecule has 0 aliphatic rings. The summed E-state index contributed by atoms with van der Waals surface area (Å²) in [7, 11) is 0. The van der Waals surface area contributed by atoms with Crippen molar-refractivity contribution in [1.29, 1.82) is 0 Å². The summed E-state index contributed by atoms with van der Waals surface area (Å²) in [5.74, 6) is -0.751. The van der Waals surface area contributed by atoms with Crippen molar-refractivity contribution in [1.82, 2.24) is 5.43 Å². The van der Waals surface area contributed by atoms with Crippen molar-refractivity contribution in [2.45, 2.75) is 13.8 Å². The van der Waals surface area contributed by atoms with Gasteiger partial charge in [-0.25, -0.2) is 9.82 Å². The highest BCUT2D eigenvalue weighted by molar-refractivity contribution is 5.94. The van der Waals surface area contributed by atoms with Gasteiger partial charge in [-0.3, -0.25) is 4.79 Å². The van der Waals surface area contributed by atoms with E-state index < -0.39 is 0 Å². The van der Waals surface area contributed by atoms with E-state index in [1.807, 2.05) is 24.3 Å². The maximum absolute atomic E-state index is 12.8. The molecule has 0 spiro atoms. The van der Waals surface area contributed by atoms with Crippen LogP contribution < -0.4 is 10.3 Å². The van der Waals surface area contributed by atoms with E-state index in [1.54, 1.807) is 6.21 Å². The molecule has 2 aromatic rings. The molecule has 0 unspecified atom stereocenters. The van der Waals surface area contributed by atoms with Crippen LogP contribution in [0.4, 0.5) is 10.1 Å². The molecule has 4 nitrogen and oxygen atoms in total. The number of anilines is 1. The lowest BCUT2D eigenvalue weighted by Crippen LogP contribution is -2.21. The van der Waals surface area contributed by atoms with Crippen LogP contribution in [0.5, 0.6) is 0 Å². The van der Waals surface area contributed by atoms with E-state index >= 15 is 0 Å². The monoisotopic (exact) mass is 313 g/mol. The number of nitrogens with one attached hydrogen (secondary N) is 1. The Morgan fingerprint density at radius 3 is 2.26 bits per heavy atom. The van der Waals surface area contributed by atoms with Gasteiger partial charge in [-0.15, -0.1) is 0 Å². The fraction of sp³-hybridized carbons (Fsp3) is 0.222. The molecule has 0 heterocycles. The van der Waals surface area contributed by atoms with Crippen molar-refractivity contribution >= 4 is 17.8 Å². The van der Waals surface area contributed by atoms with Gasteiger partial charge in [0.25, 0.3) is 5.91 Å². The first-order valence-corrected chi connectivity index (χ1v) is 7.58. The smallest absolute Gasteiger partial charge is 0.271 e. The van der Waals surface area contributed by atoms with Gasteiger partial charge in [0, 0.05) is 24.3 Å². The summed E-state index contributed by atoms with van der Waals surface area (Å²) in [5.41, 5.74) is 4.83. The lowest BCUT2D eigenvalue weighted by Gasteiger charge is -2.20. The van der Waals surface area contributed by atoms with Crippen LogP contribution in [0.25, 0.3) is 0 Å². The average Bonchev–Trinajstić information content (AvgIpc) is 2.58. The van der Waals surface area contributed by atoms with E-state index in [9.17, 15) is 9.18 Å². The highest BCUT2D eigenvalue weighted by atomic mass is 19.1. The van der Waals surface area contributed by atoms with Gasteiger partial charge in [-0.1, -0.05) is 12.1 Å². The number of hydrogen-bond acceptors (Lipinski definition) is 3. The van der Waals surface area contributed by atoms with Crippen molar-refractivity contribution in [3.05, 3.63) is 65.5 Å². The van der Waals surface area contributed by atoms with Gasteiger partial charge in [-0.05, 0) is 55.8 Å². The van der Waals surface area contributed by atoms with Crippen LogP contribution in [-0.4, -0.2) is 25.2 Å². The Bertz CT molecular complexity index is 662. The molecule has 2 aromatic carbocycles. The van der Waals surface area contributed by atoms with Gasteiger partial charge in [0.2, 0.25) is 0 Å². The third kappa shape index (κ3) is 4.64.